The number of hydrogen-bond acceptors (Lipinski definition) is 2. The van der Waals surface area contributed by atoms with Gasteiger partial charge in [0, 0.05) is 11.6 Å². The second kappa shape index (κ2) is 7.16. The van der Waals surface area contributed by atoms with Gasteiger partial charge in [-0.2, -0.15) is 0 Å². The number of benzene rings is 1. The highest BCUT2D eigenvalue weighted by molar-refractivity contribution is 6.35. The number of hydrogen-bond donors (Lipinski definition) is 1. The molecule has 1 fully saturated rings. The molecule has 1 heterocycles. The summed E-state index contributed by atoms with van der Waals surface area (Å²) in [7, 11) is 0. The molecule has 1 aromatic carbocycles. The lowest BCUT2D eigenvalue weighted by molar-refractivity contribution is -0.128. The fourth-order valence-electron chi connectivity index (χ4n) is 2.82. The summed E-state index contributed by atoms with van der Waals surface area (Å²) in [5.74, 6) is -0.551. The quantitative estimate of drug-likeness (QED) is 0.821. The highest BCUT2D eigenvalue weighted by Crippen LogP contribution is 2.31. The fraction of sp³-hybridized carbons (Fsp3) is 0.562. The SMILES string of the molecule is CC(C)[C@H]1OCC[C@@H]1C(=O)N[C@@H](C)c1cc(F)c(Cl)cc1Cl. The summed E-state index contributed by atoms with van der Waals surface area (Å²) in [5.41, 5.74) is 0.511. The number of rotatable bonds is 4. The minimum atomic E-state index is -0.550. The van der Waals surface area contributed by atoms with Crippen molar-refractivity contribution in [3.63, 3.8) is 0 Å². The molecule has 1 saturated heterocycles. The van der Waals surface area contributed by atoms with Gasteiger partial charge in [-0.05, 0) is 37.0 Å². The molecule has 0 saturated carbocycles. The van der Waals surface area contributed by atoms with Crippen LogP contribution in [0.25, 0.3) is 0 Å². The van der Waals surface area contributed by atoms with E-state index in [0.717, 1.165) is 0 Å². The van der Waals surface area contributed by atoms with Crippen LogP contribution in [0.1, 0.15) is 38.8 Å². The summed E-state index contributed by atoms with van der Waals surface area (Å²) < 4.78 is 19.2. The molecular weight excluding hydrogens is 328 g/mol. The molecule has 6 heteroatoms. The van der Waals surface area contributed by atoms with Crippen molar-refractivity contribution in [1.82, 2.24) is 5.32 Å². The Labute approximate surface area is 140 Å². The van der Waals surface area contributed by atoms with Gasteiger partial charge in [0.1, 0.15) is 5.82 Å². The number of carbonyl (C=O) groups is 1. The van der Waals surface area contributed by atoms with Gasteiger partial charge in [-0.15, -0.1) is 0 Å². The average molecular weight is 348 g/mol. The van der Waals surface area contributed by atoms with Gasteiger partial charge in [0.05, 0.1) is 23.1 Å². The van der Waals surface area contributed by atoms with E-state index in [-0.39, 0.29) is 28.9 Å². The summed E-state index contributed by atoms with van der Waals surface area (Å²) in [6, 6.07) is 2.22. The molecule has 2 rings (SSSR count). The molecule has 0 bridgehead atoms. The zero-order chi connectivity index (χ0) is 16.4. The maximum absolute atomic E-state index is 13.6. The number of amides is 1. The first-order valence-electron chi connectivity index (χ1n) is 7.37. The molecule has 1 amide bonds. The average Bonchev–Trinajstić information content (AvgIpc) is 2.92. The van der Waals surface area contributed by atoms with Gasteiger partial charge >= 0.3 is 0 Å². The molecule has 0 aromatic heterocycles. The topological polar surface area (TPSA) is 38.3 Å². The van der Waals surface area contributed by atoms with E-state index in [0.29, 0.717) is 23.6 Å². The normalized spacial score (nSPS) is 22.9. The smallest absolute Gasteiger partial charge is 0.226 e. The zero-order valence-electron chi connectivity index (χ0n) is 12.8. The Balaban J connectivity index is 2.10. The Hall–Kier alpha value is -0.840. The monoisotopic (exact) mass is 347 g/mol. The Bertz CT molecular complexity index is 565. The van der Waals surface area contributed by atoms with E-state index < -0.39 is 11.9 Å². The van der Waals surface area contributed by atoms with Crippen molar-refractivity contribution in [1.29, 1.82) is 0 Å². The Morgan fingerprint density at radius 2 is 2.00 bits per heavy atom. The minimum absolute atomic E-state index is 0.0312. The fourth-order valence-corrected chi connectivity index (χ4v) is 3.36. The van der Waals surface area contributed by atoms with E-state index in [2.05, 4.69) is 5.32 Å². The van der Waals surface area contributed by atoms with E-state index in [4.69, 9.17) is 27.9 Å². The summed E-state index contributed by atoms with van der Waals surface area (Å²) >= 11 is 11.8. The maximum atomic E-state index is 13.6. The van der Waals surface area contributed by atoms with Crippen LogP contribution >= 0.6 is 23.2 Å². The zero-order valence-corrected chi connectivity index (χ0v) is 14.3. The molecule has 0 radical (unpaired) electrons. The number of nitrogens with one attached hydrogen (secondary N) is 1. The van der Waals surface area contributed by atoms with Gasteiger partial charge in [-0.1, -0.05) is 37.0 Å². The van der Waals surface area contributed by atoms with Gasteiger partial charge in [0.25, 0.3) is 0 Å². The van der Waals surface area contributed by atoms with Gasteiger partial charge < -0.3 is 10.1 Å². The third-order valence-corrected chi connectivity index (χ3v) is 4.61. The van der Waals surface area contributed by atoms with Crippen molar-refractivity contribution >= 4 is 29.1 Å². The van der Waals surface area contributed by atoms with Gasteiger partial charge in [-0.3, -0.25) is 4.79 Å². The predicted octanol–water partition coefficient (Wildman–Crippen LogP) is 4.37. The lowest BCUT2D eigenvalue weighted by Crippen LogP contribution is -2.38. The number of ether oxygens (including phenoxy) is 1. The lowest BCUT2D eigenvalue weighted by Gasteiger charge is -2.24. The van der Waals surface area contributed by atoms with E-state index in [1.165, 1.54) is 12.1 Å². The van der Waals surface area contributed by atoms with Crippen LogP contribution in [0.2, 0.25) is 10.0 Å². The molecule has 3 nitrogen and oxygen atoms in total. The standard InChI is InChI=1S/C16H20Cl2FNO2/c1-8(2)15-10(4-5-22-15)16(21)20-9(3)11-6-14(19)13(18)7-12(11)17/h6-10,15H,4-5H2,1-3H3,(H,20,21)/t9-,10-,15+/m0/s1. The maximum Gasteiger partial charge on any atom is 0.226 e. The summed E-state index contributed by atoms with van der Waals surface area (Å²) in [5, 5.41) is 3.20. The van der Waals surface area contributed by atoms with E-state index in [9.17, 15) is 9.18 Å². The van der Waals surface area contributed by atoms with Crippen LogP contribution in [0.4, 0.5) is 4.39 Å². The molecule has 1 aliphatic rings. The summed E-state index contributed by atoms with van der Waals surface area (Å²) in [6.07, 6.45) is 0.619. The molecule has 22 heavy (non-hydrogen) atoms. The highest BCUT2D eigenvalue weighted by Gasteiger charge is 2.36. The molecule has 122 valence electrons. The first kappa shape index (κ1) is 17.5. The molecule has 3 atom stereocenters. The molecule has 1 aliphatic heterocycles. The Morgan fingerprint density at radius 3 is 2.64 bits per heavy atom. The molecule has 0 aliphatic carbocycles. The van der Waals surface area contributed by atoms with E-state index >= 15 is 0 Å². The number of halogens is 3. The van der Waals surface area contributed by atoms with Crippen LogP contribution in [-0.2, 0) is 9.53 Å². The van der Waals surface area contributed by atoms with Crippen LogP contribution in [0.5, 0.6) is 0 Å². The summed E-state index contributed by atoms with van der Waals surface area (Å²) in [4.78, 5) is 12.5. The molecular formula is C16H20Cl2FNO2. The van der Waals surface area contributed by atoms with Crippen LogP contribution in [0.15, 0.2) is 12.1 Å². The summed E-state index contributed by atoms with van der Waals surface area (Å²) in [6.45, 7) is 6.43. The van der Waals surface area contributed by atoms with E-state index in [1.807, 2.05) is 13.8 Å². The third-order valence-electron chi connectivity index (χ3n) is 3.99. The number of carbonyl (C=O) groups excluding carboxylic acids is 1. The molecule has 1 aromatic rings. The first-order valence-corrected chi connectivity index (χ1v) is 8.13. The van der Waals surface area contributed by atoms with E-state index in [1.54, 1.807) is 6.92 Å². The van der Waals surface area contributed by atoms with Gasteiger partial charge in [-0.25, -0.2) is 4.39 Å². The second-order valence-corrected chi connectivity index (χ2v) is 6.81. The van der Waals surface area contributed by atoms with Crippen molar-refractivity contribution < 1.29 is 13.9 Å². The van der Waals surface area contributed by atoms with Crippen molar-refractivity contribution in [2.24, 2.45) is 11.8 Å². The Morgan fingerprint density at radius 1 is 1.32 bits per heavy atom. The molecule has 0 spiro atoms. The van der Waals surface area contributed by atoms with Crippen LogP contribution in [-0.4, -0.2) is 18.6 Å². The van der Waals surface area contributed by atoms with Crippen LogP contribution in [0.3, 0.4) is 0 Å². The van der Waals surface area contributed by atoms with Crippen molar-refractivity contribution in [3.8, 4) is 0 Å². The second-order valence-electron chi connectivity index (χ2n) is 5.99. The lowest BCUT2D eigenvalue weighted by atomic mass is 9.92. The predicted molar refractivity (Wildman–Crippen MR) is 85.7 cm³/mol. The first-order chi connectivity index (χ1) is 10.3. The third kappa shape index (κ3) is 3.73. The Kier molecular flexibility index (Phi) is 5.70. The minimum Gasteiger partial charge on any atom is -0.377 e. The molecule has 1 N–H and O–H groups in total. The van der Waals surface area contributed by atoms with Crippen LogP contribution in [0, 0.1) is 17.7 Å². The van der Waals surface area contributed by atoms with Crippen LogP contribution < -0.4 is 5.32 Å². The highest BCUT2D eigenvalue weighted by atomic mass is 35.5. The van der Waals surface area contributed by atoms with Crippen molar-refractivity contribution in [3.05, 3.63) is 33.6 Å². The molecule has 0 unspecified atom stereocenters. The van der Waals surface area contributed by atoms with Gasteiger partial charge in [0.15, 0.2) is 0 Å². The van der Waals surface area contributed by atoms with Crippen molar-refractivity contribution in [2.45, 2.75) is 39.3 Å². The largest absolute Gasteiger partial charge is 0.377 e. The van der Waals surface area contributed by atoms with Gasteiger partial charge in [0.2, 0.25) is 5.91 Å². The van der Waals surface area contributed by atoms with Crippen molar-refractivity contribution in [2.75, 3.05) is 6.61 Å².